The van der Waals surface area contributed by atoms with E-state index in [9.17, 15) is 9.70 Å². The molecular weight excluding hydrogens is 282 g/mol. The van der Waals surface area contributed by atoms with Gasteiger partial charge in [0.2, 0.25) is 0 Å². The van der Waals surface area contributed by atoms with Crippen molar-refractivity contribution in [1.29, 1.82) is 0 Å². The van der Waals surface area contributed by atoms with Crippen LogP contribution in [0.1, 0.15) is 18.9 Å². The van der Waals surface area contributed by atoms with E-state index in [0.717, 1.165) is 18.5 Å². The first-order valence-electron chi connectivity index (χ1n) is 7.29. The van der Waals surface area contributed by atoms with E-state index < -0.39 is 0 Å². The third-order valence-electron chi connectivity index (χ3n) is 3.98. The number of ketones is 1. The molecule has 0 saturated heterocycles. The third kappa shape index (κ3) is 3.39. The first-order chi connectivity index (χ1) is 10.4. The normalized spacial score (nSPS) is 21.7. The molecule has 0 aliphatic heterocycles. The average molecular weight is 304 g/mol. The summed E-state index contributed by atoms with van der Waals surface area (Å²) in [5.41, 5.74) is 1.89. The van der Waals surface area contributed by atoms with Crippen LogP contribution in [0.3, 0.4) is 0 Å². The van der Waals surface area contributed by atoms with Crippen LogP contribution in [0.4, 0.5) is 5.69 Å². The maximum atomic E-state index is 12.4. The second-order valence-corrected chi connectivity index (χ2v) is 5.95. The highest BCUT2D eigenvalue weighted by atomic mass is 16.8. The lowest BCUT2D eigenvalue weighted by atomic mass is 9.78. The number of nitrogens with zero attached hydrogens (tertiary/aromatic N) is 3. The maximum Gasteiger partial charge on any atom is 0.342 e. The van der Waals surface area contributed by atoms with E-state index in [1.54, 1.807) is 18.3 Å². The highest BCUT2D eigenvalue weighted by Crippen LogP contribution is 2.36. The van der Waals surface area contributed by atoms with Crippen molar-refractivity contribution >= 4 is 17.0 Å². The van der Waals surface area contributed by atoms with Crippen LogP contribution in [-0.2, 0) is 9.63 Å². The Kier molecular flexibility index (Phi) is 5.03. The molecular formula is C16H22N3O3+. The molecule has 0 bridgehead atoms. The van der Waals surface area contributed by atoms with Gasteiger partial charge in [-0.15, -0.1) is 0 Å². The molecule has 0 amide bonds. The van der Waals surface area contributed by atoms with Crippen molar-refractivity contribution in [2.75, 3.05) is 27.7 Å². The number of aromatic nitrogens is 1. The molecule has 2 atom stereocenters. The number of hydrogen-bond donors (Lipinski definition) is 0. The smallest absolute Gasteiger partial charge is 0.309 e. The van der Waals surface area contributed by atoms with Gasteiger partial charge in [0.05, 0.1) is 10.5 Å². The van der Waals surface area contributed by atoms with Gasteiger partial charge in [0.15, 0.2) is 12.9 Å². The predicted molar refractivity (Wildman–Crippen MR) is 83.3 cm³/mol. The zero-order valence-corrected chi connectivity index (χ0v) is 13.4. The van der Waals surface area contributed by atoms with Gasteiger partial charge >= 0.3 is 5.69 Å². The number of pyridine rings is 1. The fraction of sp³-hybridized carbons (Fsp3) is 0.500. The van der Waals surface area contributed by atoms with E-state index in [-0.39, 0.29) is 17.6 Å². The first kappa shape index (κ1) is 16.3. The Morgan fingerprint density at radius 1 is 1.45 bits per heavy atom. The van der Waals surface area contributed by atoms with Gasteiger partial charge in [0, 0.05) is 18.7 Å². The van der Waals surface area contributed by atoms with Crippen LogP contribution >= 0.6 is 0 Å². The van der Waals surface area contributed by atoms with Crippen LogP contribution < -0.4 is 0 Å². The number of carbonyl (C=O) groups is 1. The Bertz CT molecular complexity index is 610. The van der Waals surface area contributed by atoms with Gasteiger partial charge in [0.25, 0.3) is 4.92 Å². The van der Waals surface area contributed by atoms with Crippen LogP contribution in [0.5, 0.6) is 0 Å². The van der Waals surface area contributed by atoms with Crippen molar-refractivity contribution in [3.8, 4) is 0 Å². The summed E-state index contributed by atoms with van der Waals surface area (Å²) in [5, 5.41) is 0. The van der Waals surface area contributed by atoms with Crippen LogP contribution in [-0.4, -0.2) is 48.3 Å². The zero-order chi connectivity index (χ0) is 16.3. The molecule has 2 rings (SSSR count). The molecule has 0 aromatic carbocycles. The zero-order valence-electron chi connectivity index (χ0n) is 13.4. The third-order valence-corrected chi connectivity index (χ3v) is 3.98. The molecule has 1 aliphatic rings. The lowest BCUT2D eigenvalue weighted by molar-refractivity contribution is -0.736. The monoisotopic (exact) mass is 304 g/mol. The second kappa shape index (κ2) is 6.79. The predicted octanol–water partition coefficient (Wildman–Crippen LogP) is 2.22. The molecule has 2 unspecified atom stereocenters. The molecule has 22 heavy (non-hydrogen) atoms. The molecule has 1 aromatic heterocycles. The summed E-state index contributed by atoms with van der Waals surface area (Å²) in [6, 6.07) is 1.75. The van der Waals surface area contributed by atoms with Crippen LogP contribution in [0.2, 0.25) is 0 Å². The molecule has 0 radical (unpaired) electrons. The van der Waals surface area contributed by atoms with Gasteiger partial charge < -0.3 is 4.90 Å². The average Bonchev–Trinajstić information content (AvgIpc) is 2.49. The highest BCUT2D eigenvalue weighted by Gasteiger charge is 2.33. The van der Waals surface area contributed by atoms with Gasteiger partial charge in [-0.25, -0.2) is 4.84 Å². The minimum Gasteiger partial charge on any atom is -0.309 e. The van der Waals surface area contributed by atoms with Gasteiger partial charge in [-0.3, -0.25) is 9.78 Å². The maximum absolute atomic E-state index is 12.4. The molecule has 1 heterocycles. The summed E-state index contributed by atoms with van der Waals surface area (Å²) in [5.74, 6) is 0.327. The van der Waals surface area contributed by atoms with E-state index in [4.69, 9.17) is 4.84 Å². The number of hydrogen-bond acceptors (Lipinski definition) is 5. The molecule has 0 fully saturated rings. The van der Waals surface area contributed by atoms with E-state index in [0.29, 0.717) is 16.2 Å². The Morgan fingerprint density at radius 3 is 2.77 bits per heavy atom. The van der Waals surface area contributed by atoms with Gasteiger partial charge in [-0.1, -0.05) is 6.92 Å². The lowest BCUT2D eigenvalue weighted by Gasteiger charge is -2.29. The van der Waals surface area contributed by atoms with Crippen molar-refractivity contribution < 1.29 is 14.6 Å². The van der Waals surface area contributed by atoms with E-state index in [1.165, 1.54) is 13.3 Å². The van der Waals surface area contributed by atoms with Crippen LogP contribution in [0, 0.1) is 16.7 Å². The Balaban J connectivity index is 2.35. The summed E-state index contributed by atoms with van der Waals surface area (Å²) < 4.78 is 0. The summed E-state index contributed by atoms with van der Waals surface area (Å²) >= 11 is 0. The number of allylic oxidation sites excluding steroid dienone is 2. The molecule has 6 nitrogen and oxygen atoms in total. The van der Waals surface area contributed by atoms with Crippen molar-refractivity contribution in [1.82, 2.24) is 9.88 Å². The molecule has 118 valence electrons. The van der Waals surface area contributed by atoms with Crippen molar-refractivity contribution in [2.45, 2.75) is 13.3 Å². The fourth-order valence-electron chi connectivity index (χ4n) is 2.86. The topological polar surface area (TPSA) is 62.5 Å². The number of rotatable bonds is 5. The van der Waals surface area contributed by atoms with Crippen molar-refractivity contribution in [3.63, 3.8) is 0 Å². The van der Waals surface area contributed by atoms with Crippen LogP contribution in [0.15, 0.2) is 24.5 Å². The lowest BCUT2D eigenvalue weighted by Crippen LogP contribution is -2.34. The SMILES string of the molecule is CO[N+](=O)c1cnccc1C1=CC(=O)C(CN(C)C)C(C)C1. The molecule has 0 saturated carbocycles. The Hall–Kier alpha value is -2.08. The van der Waals surface area contributed by atoms with Gasteiger partial charge in [-0.2, -0.15) is 0 Å². The summed E-state index contributed by atoms with van der Waals surface area (Å²) in [6.45, 7) is 2.81. The first-order valence-corrected chi connectivity index (χ1v) is 7.29. The molecule has 1 aromatic rings. The second-order valence-electron chi connectivity index (χ2n) is 5.95. The van der Waals surface area contributed by atoms with Crippen LogP contribution in [0.25, 0.3) is 5.57 Å². The highest BCUT2D eigenvalue weighted by molar-refractivity contribution is 6.01. The standard InChI is InChI=1S/C16H22N3O3/c1-11-7-12(8-16(20)14(11)10-18(2)3)13-5-6-17-9-15(13)19(21)22-4/h5-6,8-9,11,14H,7,10H2,1-4H3/q+1. The number of carbonyl (C=O) groups excluding carboxylic acids is 1. The summed E-state index contributed by atoms with van der Waals surface area (Å²) in [4.78, 5) is 35.3. The molecule has 1 aliphatic carbocycles. The molecule has 0 N–H and O–H groups in total. The van der Waals surface area contributed by atoms with E-state index in [2.05, 4.69) is 11.9 Å². The minimum absolute atomic E-state index is 0.00480. The fourth-order valence-corrected chi connectivity index (χ4v) is 2.86. The minimum atomic E-state index is -0.00480. The van der Waals surface area contributed by atoms with E-state index >= 15 is 0 Å². The van der Waals surface area contributed by atoms with E-state index in [1.807, 2.05) is 19.0 Å². The van der Waals surface area contributed by atoms with Crippen molar-refractivity contribution in [3.05, 3.63) is 35.0 Å². The summed E-state index contributed by atoms with van der Waals surface area (Å²) in [7, 11) is 5.24. The largest absolute Gasteiger partial charge is 0.342 e. The van der Waals surface area contributed by atoms with Gasteiger partial charge in [0.1, 0.15) is 6.20 Å². The Labute approximate surface area is 130 Å². The van der Waals surface area contributed by atoms with Gasteiger partial charge in [-0.05, 0) is 44.1 Å². The quantitative estimate of drug-likeness (QED) is 0.781. The van der Waals surface area contributed by atoms with Crippen molar-refractivity contribution in [2.24, 2.45) is 11.8 Å². The molecule has 6 heteroatoms. The Morgan fingerprint density at radius 2 is 2.18 bits per heavy atom. The summed E-state index contributed by atoms with van der Waals surface area (Å²) in [6.07, 6.45) is 5.48. The molecule has 0 spiro atoms.